The molecule has 5 rings (SSSR count). The summed E-state index contributed by atoms with van der Waals surface area (Å²) in [6.07, 6.45) is 0. The molecule has 0 fully saturated rings. The Morgan fingerprint density at radius 2 is 1.43 bits per heavy atom. The van der Waals surface area contributed by atoms with Gasteiger partial charge in [0.25, 0.3) is 0 Å². The number of ether oxygens (including phenoxy) is 7. The van der Waals surface area contributed by atoms with Crippen LogP contribution in [0.4, 0.5) is 5.69 Å². The molecule has 0 aliphatic heterocycles. The van der Waals surface area contributed by atoms with Crippen molar-refractivity contribution >= 4 is 22.6 Å². The number of esters is 1. The van der Waals surface area contributed by atoms with Gasteiger partial charge >= 0.3 is 5.97 Å². The van der Waals surface area contributed by atoms with E-state index in [1.165, 1.54) is 21.3 Å². The first kappa shape index (κ1) is 31.7. The molecule has 0 aliphatic carbocycles. The Morgan fingerprint density at radius 3 is 2.07 bits per heavy atom. The lowest BCUT2D eigenvalue weighted by molar-refractivity contribution is 0.0593. The summed E-state index contributed by atoms with van der Waals surface area (Å²) >= 11 is 0. The molecule has 0 unspecified atom stereocenters. The molecule has 0 saturated heterocycles. The maximum Gasteiger partial charge on any atom is 0.356 e. The summed E-state index contributed by atoms with van der Waals surface area (Å²) in [6.45, 7) is 1.98. The van der Waals surface area contributed by atoms with Crippen molar-refractivity contribution in [3.05, 3.63) is 77.5 Å². The van der Waals surface area contributed by atoms with E-state index in [9.17, 15) is 4.79 Å². The van der Waals surface area contributed by atoms with Gasteiger partial charge in [-0.25, -0.2) is 14.8 Å². The maximum atomic E-state index is 13.1. The summed E-state index contributed by atoms with van der Waals surface area (Å²) in [5.41, 5.74) is 10.9. The Bertz CT molecular complexity index is 1910. The molecule has 11 heteroatoms. The van der Waals surface area contributed by atoms with Gasteiger partial charge in [-0.1, -0.05) is 30.3 Å². The lowest BCUT2D eigenvalue weighted by Gasteiger charge is -2.22. The van der Waals surface area contributed by atoms with Gasteiger partial charge in [-0.15, -0.1) is 0 Å². The molecule has 2 N–H and O–H groups in total. The van der Waals surface area contributed by atoms with Crippen LogP contribution in [-0.4, -0.2) is 58.6 Å². The SMILES string of the molecule is COC(=O)c1nc(-c2ccc3c(OC)c(OC)cc(OC)c3n2)c(N)c(-c2ccc(OC)c(OC)c2OCc2ccccc2)c1C. The number of anilines is 1. The number of pyridine rings is 2. The predicted molar refractivity (Wildman–Crippen MR) is 174 cm³/mol. The summed E-state index contributed by atoms with van der Waals surface area (Å²) in [7, 11) is 9.00. The van der Waals surface area contributed by atoms with Crippen molar-refractivity contribution in [2.75, 3.05) is 48.4 Å². The molecule has 3 aromatic carbocycles. The first-order valence-corrected chi connectivity index (χ1v) is 14.2. The van der Waals surface area contributed by atoms with Crippen LogP contribution in [0.3, 0.4) is 0 Å². The lowest BCUT2D eigenvalue weighted by atomic mass is 9.94. The molecule has 0 amide bonds. The number of aromatic nitrogens is 2. The maximum absolute atomic E-state index is 13.1. The third-order valence-electron chi connectivity index (χ3n) is 7.60. The van der Waals surface area contributed by atoms with Crippen molar-refractivity contribution in [1.82, 2.24) is 9.97 Å². The third kappa shape index (κ3) is 5.63. The van der Waals surface area contributed by atoms with Crippen LogP contribution in [0, 0.1) is 6.92 Å². The van der Waals surface area contributed by atoms with Gasteiger partial charge in [-0.3, -0.25) is 0 Å². The molecule has 0 spiro atoms. The fourth-order valence-corrected chi connectivity index (χ4v) is 5.37. The molecule has 0 aliphatic rings. The highest BCUT2D eigenvalue weighted by Crippen LogP contribution is 2.49. The highest BCUT2D eigenvalue weighted by molar-refractivity contribution is 6.00. The van der Waals surface area contributed by atoms with E-state index < -0.39 is 5.97 Å². The number of carbonyl (C=O) groups excluding carboxylic acids is 1. The minimum Gasteiger partial charge on any atom is -0.494 e. The predicted octanol–water partition coefficient (Wildman–Crippen LogP) is 6.26. The monoisotopic (exact) mass is 625 g/mol. The second kappa shape index (κ2) is 13.5. The zero-order valence-electron chi connectivity index (χ0n) is 26.7. The topological polar surface area (TPSA) is 133 Å². The first-order chi connectivity index (χ1) is 22.3. The minimum atomic E-state index is -0.642. The number of carbonyl (C=O) groups is 1. The van der Waals surface area contributed by atoms with E-state index >= 15 is 0 Å². The van der Waals surface area contributed by atoms with E-state index in [0.717, 1.165) is 5.56 Å². The van der Waals surface area contributed by atoms with Gasteiger partial charge in [-0.2, -0.15) is 0 Å². The standard InChI is InChI=1S/C35H35N3O8/c1-19-27(21-14-16-24(40-2)34(44-6)33(21)46-18-20-11-9-8-10-12-20)28(36)31(38-29(19)35(39)45-7)23-15-13-22-30(37-23)25(41-3)17-26(42-4)32(22)43-5/h8-17H,18,36H2,1-7H3. The van der Waals surface area contributed by atoms with Gasteiger partial charge in [0.05, 0.1) is 59.4 Å². The Labute approximate surface area is 266 Å². The largest absolute Gasteiger partial charge is 0.494 e. The highest BCUT2D eigenvalue weighted by Gasteiger charge is 2.28. The molecule has 0 saturated carbocycles. The number of nitrogens with zero attached hydrogens (tertiary/aromatic N) is 2. The number of hydrogen-bond acceptors (Lipinski definition) is 11. The molecule has 238 valence electrons. The second-order valence-electron chi connectivity index (χ2n) is 10.1. The van der Waals surface area contributed by atoms with Crippen LogP contribution in [0.2, 0.25) is 0 Å². The van der Waals surface area contributed by atoms with Gasteiger partial charge in [-0.05, 0) is 42.3 Å². The summed E-state index contributed by atoms with van der Waals surface area (Å²) in [6, 6.07) is 18.5. The van der Waals surface area contributed by atoms with Crippen LogP contribution >= 0.6 is 0 Å². The zero-order chi connectivity index (χ0) is 33.0. The second-order valence-corrected chi connectivity index (χ2v) is 10.1. The van der Waals surface area contributed by atoms with Crippen molar-refractivity contribution in [3.8, 4) is 57.0 Å². The van der Waals surface area contributed by atoms with E-state index in [1.54, 1.807) is 52.5 Å². The van der Waals surface area contributed by atoms with Gasteiger partial charge in [0, 0.05) is 17.2 Å². The Balaban J connectivity index is 1.79. The van der Waals surface area contributed by atoms with Crippen LogP contribution < -0.4 is 34.2 Å². The molecule has 11 nitrogen and oxygen atoms in total. The molecule has 0 atom stereocenters. The Hall–Kier alpha value is -5.71. The van der Waals surface area contributed by atoms with Crippen molar-refractivity contribution in [1.29, 1.82) is 0 Å². The number of hydrogen-bond donors (Lipinski definition) is 1. The molecular formula is C35H35N3O8. The average molecular weight is 626 g/mol. The van der Waals surface area contributed by atoms with E-state index in [0.29, 0.717) is 67.8 Å². The van der Waals surface area contributed by atoms with E-state index in [-0.39, 0.29) is 23.7 Å². The van der Waals surface area contributed by atoms with Crippen LogP contribution in [0.1, 0.15) is 21.6 Å². The number of methoxy groups -OCH3 is 6. The van der Waals surface area contributed by atoms with Crippen molar-refractivity contribution < 1.29 is 38.0 Å². The number of fused-ring (bicyclic) bond motifs is 1. The fourth-order valence-electron chi connectivity index (χ4n) is 5.37. The smallest absolute Gasteiger partial charge is 0.356 e. The fraction of sp³-hybridized carbons (Fsp3) is 0.229. The summed E-state index contributed by atoms with van der Waals surface area (Å²) in [5.74, 6) is 1.98. The Morgan fingerprint density at radius 1 is 0.739 bits per heavy atom. The van der Waals surface area contributed by atoms with Gasteiger partial charge in [0.15, 0.2) is 28.7 Å². The molecule has 2 heterocycles. The normalized spacial score (nSPS) is 10.8. The van der Waals surface area contributed by atoms with Crippen molar-refractivity contribution in [2.45, 2.75) is 13.5 Å². The number of rotatable bonds is 11. The van der Waals surface area contributed by atoms with Crippen molar-refractivity contribution in [3.63, 3.8) is 0 Å². The van der Waals surface area contributed by atoms with Crippen LogP contribution in [0.5, 0.6) is 34.5 Å². The average Bonchev–Trinajstić information content (AvgIpc) is 3.09. The number of nitrogens with two attached hydrogens (primary N) is 1. The van der Waals surface area contributed by atoms with E-state index in [2.05, 4.69) is 4.98 Å². The molecule has 0 bridgehead atoms. The van der Waals surface area contributed by atoms with Crippen LogP contribution in [0.15, 0.2) is 60.7 Å². The van der Waals surface area contributed by atoms with E-state index in [4.69, 9.17) is 43.9 Å². The molecular weight excluding hydrogens is 590 g/mol. The summed E-state index contributed by atoms with van der Waals surface area (Å²) in [4.78, 5) is 22.7. The van der Waals surface area contributed by atoms with Crippen molar-refractivity contribution in [2.24, 2.45) is 0 Å². The van der Waals surface area contributed by atoms with Crippen LogP contribution in [-0.2, 0) is 11.3 Å². The molecule has 0 radical (unpaired) electrons. The number of benzene rings is 3. The quantitative estimate of drug-likeness (QED) is 0.167. The first-order valence-electron chi connectivity index (χ1n) is 14.2. The number of nitrogen functional groups attached to an aromatic ring is 1. The highest BCUT2D eigenvalue weighted by atomic mass is 16.5. The summed E-state index contributed by atoms with van der Waals surface area (Å²) < 4.78 is 39.7. The zero-order valence-corrected chi connectivity index (χ0v) is 26.7. The summed E-state index contributed by atoms with van der Waals surface area (Å²) in [5, 5.41) is 0.651. The van der Waals surface area contributed by atoms with E-state index in [1.807, 2.05) is 36.4 Å². The molecule has 46 heavy (non-hydrogen) atoms. The van der Waals surface area contributed by atoms with Gasteiger partial charge in [0.2, 0.25) is 5.75 Å². The van der Waals surface area contributed by atoms with Gasteiger partial charge < -0.3 is 38.9 Å². The minimum absolute atomic E-state index is 0.0617. The molecule has 5 aromatic rings. The lowest BCUT2D eigenvalue weighted by Crippen LogP contribution is -2.12. The van der Waals surface area contributed by atoms with Crippen LogP contribution in [0.25, 0.3) is 33.4 Å². The Kier molecular flexibility index (Phi) is 9.31. The third-order valence-corrected chi connectivity index (χ3v) is 7.60. The molecule has 2 aromatic heterocycles. The van der Waals surface area contributed by atoms with Gasteiger partial charge in [0.1, 0.15) is 23.6 Å².